The molecule has 5 rings (SSSR count). The lowest BCUT2D eigenvalue weighted by Gasteiger charge is -2.37. The maximum atomic E-state index is 14.2. The summed E-state index contributed by atoms with van der Waals surface area (Å²) in [5.41, 5.74) is 2.19. The van der Waals surface area contributed by atoms with E-state index in [1.807, 2.05) is 64.4 Å². The summed E-state index contributed by atoms with van der Waals surface area (Å²) in [7, 11) is 0. The first kappa shape index (κ1) is 25.9. The number of carbonyl (C=O) groups excluding carboxylic acids is 1. The molecule has 196 valence electrons. The number of halogens is 2. The third-order valence-electron chi connectivity index (χ3n) is 6.99. The Hall–Kier alpha value is -3.71. The summed E-state index contributed by atoms with van der Waals surface area (Å²) in [4.78, 5) is 29.0. The van der Waals surface area contributed by atoms with Crippen molar-refractivity contribution in [3.05, 3.63) is 83.6 Å². The molecule has 0 N–H and O–H groups in total. The van der Waals surface area contributed by atoms with Crippen molar-refractivity contribution >= 4 is 39.9 Å². The van der Waals surface area contributed by atoms with Gasteiger partial charge >= 0.3 is 0 Å². The fourth-order valence-electron chi connectivity index (χ4n) is 4.93. The zero-order valence-electron chi connectivity index (χ0n) is 21.6. The van der Waals surface area contributed by atoms with Gasteiger partial charge in [0.25, 0.3) is 0 Å². The number of benzene rings is 3. The van der Waals surface area contributed by atoms with E-state index in [2.05, 4.69) is 18.7 Å². The third-order valence-corrected chi connectivity index (χ3v) is 7.31. The number of hydrogen-bond acceptors (Lipinski definition) is 5. The van der Waals surface area contributed by atoms with Crippen LogP contribution >= 0.6 is 11.6 Å². The van der Waals surface area contributed by atoms with Gasteiger partial charge in [0.15, 0.2) is 5.82 Å². The smallest absolute Gasteiger partial charge is 0.224 e. The van der Waals surface area contributed by atoms with Crippen LogP contribution < -0.4 is 9.80 Å². The van der Waals surface area contributed by atoms with E-state index < -0.39 is 0 Å². The fourth-order valence-corrected chi connectivity index (χ4v) is 5.15. The Morgan fingerprint density at radius 1 is 0.947 bits per heavy atom. The van der Waals surface area contributed by atoms with Gasteiger partial charge in [0.05, 0.1) is 16.2 Å². The molecule has 1 aliphatic heterocycles. The molecule has 0 spiro atoms. The maximum Gasteiger partial charge on any atom is 0.224 e. The minimum atomic E-state index is -0.229. The first-order valence-electron chi connectivity index (χ1n) is 13.0. The quantitative estimate of drug-likeness (QED) is 0.291. The Morgan fingerprint density at radius 3 is 2.37 bits per heavy atom. The van der Waals surface area contributed by atoms with E-state index in [0.29, 0.717) is 55.7 Å². The van der Waals surface area contributed by atoms with E-state index in [-0.39, 0.29) is 17.8 Å². The van der Waals surface area contributed by atoms with Crippen LogP contribution in [0.4, 0.5) is 15.9 Å². The molecule has 0 unspecified atom stereocenters. The SMILES string of the molecule is CC(C)N(CCC(=O)N1CCN(c2ccccc2F)CC1)c1nc(-c2ccccc2Cl)nc2ccccc12. The summed E-state index contributed by atoms with van der Waals surface area (Å²) < 4.78 is 14.2. The molecule has 38 heavy (non-hydrogen) atoms. The summed E-state index contributed by atoms with van der Waals surface area (Å²) in [5, 5.41) is 1.53. The molecule has 6 nitrogen and oxygen atoms in total. The predicted octanol–water partition coefficient (Wildman–Crippen LogP) is 6.04. The molecule has 1 amide bonds. The van der Waals surface area contributed by atoms with Gasteiger partial charge < -0.3 is 14.7 Å². The Morgan fingerprint density at radius 2 is 1.63 bits per heavy atom. The van der Waals surface area contributed by atoms with Crippen molar-refractivity contribution < 1.29 is 9.18 Å². The highest BCUT2D eigenvalue weighted by Crippen LogP contribution is 2.32. The standard InChI is InChI=1S/C30H31ClFN5O/c1-21(2)37(16-15-28(38)36-19-17-35(18-20-36)27-14-8-6-12-25(27)32)30-23-10-4-7-13-26(23)33-29(34-30)22-9-3-5-11-24(22)31/h3-14,21H,15-20H2,1-2H3. The van der Waals surface area contributed by atoms with Crippen LogP contribution in [0.25, 0.3) is 22.3 Å². The van der Waals surface area contributed by atoms with Crippen LogP contribution in [0.5, 0.6) is 0 Å². The summed E-state index contributed by atoms with van der Waals surface area (Å²) in [6.07, 6.45) is 0.359. The van der Waals surface area contributed by atoms with Gasteiger partial charge in [-0.05, 0) is 50.2 Å². The van der Waals surface area contributed by atoms with Gasteiger partial charge in [0.2, 0.25) is 5.91 Å². The van der Waals surface area contributed by atoms with Gasteiger partial charge in [0, 0.05) is 56.1 Å². The van der Waals surface area contributed by atoms with E-state index in [1.165, 1.54) is 6.07 Å². The fraction of sp³-hybridized carbons (Fsp3) is 0.300. The third kappa shape index (κ3) is 5.43. The van der Waals surface area contributed by atoms with Crippen molar-refractivity contribution in [2.75, 3.05) is 42.5 Å². The van der Waals surface area contributed by atoms with Gasteiger partial charge in [-0.25, -0.2) is 14.4 Å². The molecule has 8 heteroatoms. The van der Waals surface area contributed by atoms with Crippen molar-refractivity contribution in [3.63, 3.8) is 0 Å². The molecule has 0 bridgehead atoms. The second-order valence-corrected chi connectivity index (χ2v) is 10.1. The molecular weight excluding hydrogens is 501 g/mol. The Kier molecular flexibility index (Phi) is 7.74. The highest BCUT2D eigenvalue weighted by molar-refractivity contribution is 6.33. The number of piperazine rings is 1. The molecule has 1 saturated heterocycles. The van der Waals surface area contributed by atoms with Crippen molar-refractivity contribution in [2.24, 2.45) is 0 Å². The number of aromatic nitrogens is 2. The minimum absolute atomic E-state index is 0.0912. The van der Waals surface area contributed by atoms with Gasteiger partial charge in [-0.1, -0.05) is 48.0 Å². The first-order valence-corrected chi connectivity index (χ1v) is 13.4. The van der Waals surface area contributed by atoms with Crippen molar-refractivity contribution in [2.45, 2.75) is 26.3 Å². The number of carbonyl (C=O) groups is 1. The van der Waals surface area contributed by atoms with E-state index in [0.717, 1.165) is 22.3 Å². The molecule has 4 aromatic rings. The van der Waals surface area contributed by atoms with E-state index >= 15 is 0 Å². The van der Waals surface area contributed by atoms with E-state index in [4.69, 9.17) is 21.6 Å². The van der Waals surface area contributed by atoms with Gasteiger partial charge in [-0.3, -0.25) is 4.79 Å². The van der Waals surface area contributed by atoms with Crippen LogP contribution in [0.15, 0.2) is 72.8 Å². The molecule has 0 radical (unpaired) electrons. The largest absolute Gasteiger partial charge is 0.366 e. The summed E-state index contributed by atoms with van der Waals surface area (Å²) >= 11 is 6.48. The molecular formula is C30H31ClFN5O. The predicted molar refractivity (Wildman–Crippen MR) is 152 cm³/mol. The van der Waals surface area contributed by atoms with Gasteiger partial charge in [-0.15, -0.1) is 0 Å². The van der Waals surface area contributed by atoms with Crippen LogP contribution in [0.2, 0.25) is 5.02 Å². The lowest BCUT2D eigenvalue weighted by molar-refractivity contribution is -0.131. The molecule has 1 aliphatic rings. The summed E-state index contributed by atoms with van der Waals surface area (Å²) in [5.74, 6) is 1.21. The zero-order valence-corrected chi connectivity index (χ0v) is 22.4. The van der Waals surface area contributed by atoms with Gasteiger partial charge in [0.1, 0.15) is 11.6 Å². The molecule has 1 fully saturated rings. The number of anilines is 2. The number of rotatable bonds is 7. The number of para-hydroxylation sites is 2. The second kappa shape index (κ2) is 11.4. The monoisotopic (exact) mass is 531 g/mol. The first-order chi connectivity index (χ1) is 18.4. The van der Waals surface area contributed by atoms with Crippen molar-refractivity contribution in [1.82, 2.24) is 14.9 Å². The van der Waals surface area contributed by atoms with Crippen LogP contribution in [-0.4, -0.2) is 59.5 Å². The number of fused-ring (bicyclic) bond motifs is 1. The maximum absolute atomic E-state index is 14.2. The van der Waals surface area contributed by atoms with Gasteiger partial charge in [-0.2, -0.15) is 0 Å². The highest BCUT2D eigenvalue weighted by Gasteiger charge is 2.25. The molecule has 0 atom stereocenters. The molecule has 2 heterocycles. The molecule has 3 aromatic carbocycles. The minimum Gasteiger partial charge on any atom is -0.366 e. The number of nitrogens with zero attached hydrogens (tertiary/aromatic N) is 5. The Labute approximate surface area is 227 Å². The van der Waals surface area contributed by atoms with Crippen LogP contribution in [0.3, 0.4) is 0 Å². The Bertz CT molecular complexity index is 1440. The average molecular weight is 532 g/mol. The number of amides is 1. The summed E-state index contributed by atoms with van der Waals surface area (Å²) in [6.45, 7) is 7.08. The Balaban J connectivity index is 1.33. The summed E-state index contributed by atoms with van der Waals surface area (Å²) in [6, 6.07) is 22.4. The van der Waals surface area contributed by atoms with Crippen LogP contribution in [0, 0.1) is 5.82 Å². The second-order valence-electron chi connectivity index (χ2n) is 9.72. The molecule has 0 aliphatic carbocycles. The molecule has 1 aromatic heterocycles. The lowest BCUT2D eigenvalue weighted by atomic mass is 10.1. The zero-order chi connectivity index (χ0) is 26.6. The van der Waals surface area contributed by atoms with Crippen molar-refractivity contribution in [1.29, 1.82) is 0 Å². The topological polar surface area (TPSA) is 52.6 Å². The normalized spacial score (nSPS) is 13.8. The van der Waals surface area contributed by atoms with Crippen LogP contribution in [0.1, 0.15) is 20.3 Å². The molecule has 0 saturated carbocycles. The van der Waals surface area contributed by atoms with Crippen molar-refractivity contribution in [3.8, 4) is 11.4 Å². The average Bonchev–Trinajstić information content (AvgIpc) is 2.93. The van der Waals surface area contributed by atoms with Crippen LogP contribution in [-0.2, 0) is 4.79 Å². The van der Waals surface area contributed by atoms with E-state index in [1.54, 1.807) is 12.1 Å². The van der Waals surface area contributed by atoms with E-state index in [9.17, 15) is 9.18 Å². The highest BCUT2D eigenvalue weighted by atomic mass is 35.5. The number of hydrogen-bond donors (Lipinski definition) is 0. The lowest BCUT2D eigenvalue weighted by Crippen LogP contribution is -2.49.